The number of rotatable bonds is 5. The Hall–Kier alpha value is -4.54. The lowest BCUT2D eigenvalue weighted by Gasteiger charge is -2.16. The number of aromatic nitrogens is 2. The molecular weight excluding hydrogens is 468 g/mol. The maximum Gasteiger partial charge on any atom is 0.418 e. The highest BCUT2D eigenvalue weighted by Crippen LogP contribution is 2.36. The van der Waals surface area contributed by atoms with Gasteiger partial charge in [-0.1, -0.05) is 30.3 Å². The molecule has 0 bridgehead atoms. The summed E-state index contributed by atoms with van der Waals surface area (Å²) < 4.78 is 55.7. The first-order valence-electron chi connectivity index (χ1n) is 10.2. The molecule has 0 saturated carbocycles. The number of fused-ring (bicyclic) bond motifs is 1. The summed E-state index contributed by atoms with van der Waals surface area (Å²) in [5.74, 6) is -2.68. The second-order valence-electron chi connectivity index (χ2n) is 7.43. The highest BCUT2D eigenvalue weighted by Gasteiger charge is 2.34. The van der Waals surface area contributed by atoms with E-state index < -0.39 is 47.2 Å². The third-order valence-electron chi connectivity index (χ3n) is 5.03. The van der Waals surface area contributed by atoms with Crippen molar-refractivity contribution in [1.82, 2.24) is 9.78 Å². The van der Waals surface area contributed by atoms with Crippen LogP contribution in [0.3, 0.4) is 0 Å². The van der Waals surface area contributed by atoms with Crippen LogP contribution >= 0.6 is 0 Å². The van der Waals surface area contributed by atoms with E-state index in [2.05, 4.69) is 15.7 Å². The van der Waals surface area contributed by atoms with Crippen molar-refractivity contribution < 1.29 is 27.2 Å². The Morgan fingerprint density at radius 3 is 2.40 bits per heavy atom. The van der Waals surface area contributed by atoms with E-state index in [4.69, 9.17) is 0 Å². The van der Waals surface area contributed by atoms with Crippen LogP contribution in [0.1, 0.15) is 15.9 Å². The quantitative estimate of drug-likeness (QED) is 0.410. The number of nitrogens with zero attached hydrogens (tertiary/aromatic N) is 2. The van der Waals surface area contributed by atoms with Crippen molar-refractivity contribution in [3.8, 4) is 0 Å². The predicted molar refractivity (Wildman–Crippen MR) is 120 cm³/mol. The zero-order chi connectivity index (χ0) is 25.2. The van der Waals surface area contributed by atoms with Crippen molar-refractivity contribution in [1.29, 1.82) is 0 Å². The molecule has 0 aliphatic heterocycles. The van der Waals surface area contributed by atoms with Crippen LogP contribution in [-0.4, -0.2) is 21.6 Å². The Morgan fingerprint density at radius 1 is 0.943 bits per heavy atom. The maximum absolute atomic E-state index is 13.8. The third kappa shape index (κ3) is 5.18. The maximum atomic E-state index is 13.8. The number of hydrogen-bond donors (Lipinski definition) is 2. The van der Waals surface area contributed by atoms with Crippen molar-refractivity contribution in [2.45, 2.75) is 12.7 Å². The smallest absolute Gasteiger partial charge is 0.324 e. The van der Waals surface area contributed by atoms with Crippen LogP contribution in [0, 0.1) is 5.82 Å². The topological polar surface area (TPSA) is 93.1 Å². The first kappa shape index (κ1) is 23.6. The zero-order valence-corrected chi connectivity index (χ0v) is 17.8. The zero-order valence-electron chi connectivity index (χ0n) is 17.8. The van der Waals surface area contributed by atoms with Crippen LogP contribution in [-0.2, 0) is 17.5 Å². The van der Waals surface area contributed by atoms with Crippen LogP contribution in [0.15, 0.2) is 77.7 Å². The molecule has 3 aromatic carbocycles. The lowest BCUT2D eigenvalue weighted by atomic mass is 10.1. The highest BCUT2D eigenvalue weighted by atomic mass is 19.4. The number of anilines is 2. The molecule has 0 atom stereocenters. The molecule has 0 aliphatic carbocycles. The van der Waals surface area contributed by atoms with E-state index in [0.717, 1.165) is 22.9 Å². The van der Waals surface area contributed by atoms with Gasteiger partial charge in [0.25, 0.3) is 11.5 Å². The summed E-state index contributed by atoms with van der Waals surface area (Å²) in [5, 5.41) is 9.09. The van der Waals surface area contributed by atoms with Crippen LogP contribution in [0.5, 0.6) is 0 Å². The Balaban J connectivity index is 1.56. The molecule has 0 aliphatic rings. The van der Waals surface area contributed by atoms with Gasteiger partial charge in [-0.2, -0.15) is 18.3 Å². The van der Waals surface area contributed by atoms with Gasteiger partial charge in [-0.3, -0.25) is 14.4 Å². The standard InChI is InChI=1S/C24H16F4N4O3/c25-19-8-4-3-7-17(19)22(34)30-15-9-10-20(18(11-15)24(26,27)28)31-21(33)13-32-23(35)16-6-2-1-5-14(16)12-29-32/h1-12H,13H2,(H,30,34)(H,31,33). The van der Waals surface area contributed by atoms with Crippen molar-refractivity contribution in [3.05, 3.63) is 100 Å². The molecule has 7 nitrogen and oxygen atoms in total. The number of halogens is 4. The number of amides is 2. The molecule has 4 rings (SSSR count). The normalized spacial score (nSPS) is 11.3. The molecule has 4 aromatic rings. The van der Waals surface area contributed by atoms with Crippen LogP contribution < -0.4 is 16.2 Å². The van der Waals surface area contributed by atoms with Crippen molar-refractivity contribution in [2.24, 2.45) is 0 Å². The van der Waals surface area contributed by atoms with E-state index in [-0.39, 0.29) is 11.3 Å². The monoisotopic (exact) mass is 484 g/mol. The Morgan fingerprint density at radius 2 is 1.66 bits per heavy atom. The summed E-state index contributed by atoms with van der Waals surface area (Å²) in [5.41, 5.74) is -2.99. The van der Waals surface area contributed by atoms with Gasteiger partial charge in [0.1, 0.15) is 12.4 Å². The second kappa shape index (κ2) is 9.37. The molecule has 11 heteroatoms. The van der Waals surface area contributed by atoms with Gasteiger partial charge in [0, 0.05) is 11.1 Å². The van der Waals surface area contributed by atoms with Crippen molar-refractivity contribution in [2.75, 3.05) is 10.6 Å². The number of carbonyl (C=O) groups is 2. The van der Waals surface area contributed by atoms with Gasteiger partial charge < -0.3 is 10.6 Å². The van der Waals surface area contributed by atoms with Crippen LogP contribution in [0.25, 0.3) is 10.8 Å². The highest BCUT2D eigenvalue weighted by molar-refractivity contribution is 6.04. The SMILES string of the molecule is O=C(Cn1ncc2ccccc2c1=O)Nc1ccc(NC(=O)c2ccccc2F)cc1C(F)(F)F. The minimum absolute atomic E-state index is 0.254. The number of alkyl halides is 3. The molecule has 0 unspecified atom stereocenters. The minimum atomic E-state index is -4.89. The van der Waals surface area contributed by atoms with Gasteiger partial charge in [0.15, 0.2) is 0 Å². The Kier molecular flexibility index (Phi) is 6.32. The molecule has 2 N–H and O–H groups in total. The summed E-state index contributed by atoms with van der Waals surface area (Å²) in [4.78, 5) is 37.2. The van der Waals surface area contributed by atoms with E-state index in [1.165, 1.54) is 24.4 Å². The van der Waals surface area contributed by atoms with E-state index in [1.54, 1.807) is 24.3 Å². The second-order valence-corrected chi connectivity index (χ2v) is 7.43. The Bertz CT molecular complexity index is 1500. The number of hydrogen-bond acceptors (Lipinski definition) is 4. The predicted octanol–water partition coefficient (Wildman–Crippen LogP) is 4.45. The van der Waals surface area contributed by atoms with Crippen molar-refractivity contribution in [3.63, 3.8) is 0 Å². The molecular formula is C24H16F4N4O3. The number of carbonyl (C=O) groups excluding carboxylic acids is 2. The molecule has 0 fully saturated rings. The van der Waals surface area contributed by atoms with Crippen molar-refractivity contribution >= 4 is 34.0 Å². The van der Waals surface area contributed by atoms with Crippen LogP contribution in [0.2, 0.25) is 0 Å². The molecule has 2 amide bonds. The van der Waals surface area contributed by atoms with E-state index in [0.29, 0.717) is 16.8 Å². The van der Waals surface area contributed by atoms with Crippen LogP contribution in [0.4, 0.5) is 28.9 Å². The Labute approximate surface area is 195 Å². The molecule has 178 valence electrons. The summed E-state index contributed by atoms with van der Waals surface area (Å²) in [6.07, 6.45) is -3.52. The molecule has 0 saturated heterocycles. The molecule has 1 aromatic heterocycles. The number of nitrogens with one attached hydrogen (secondary N) is 2. The number of benzene rings is 3. The van der Waals surface area contributed by atoms with E-state index >= 15 is 0 Å². The largest absolute Gasteiger partial charge is 0.418 e. The van der Waals surface area contributed by atoms with Gasteiger partial charge >= 0.3 is 6.18 Å². The van der Waals surface area contributed by atoms with E-state index in [1.807, 2.05) is 0 Å². The fraction of sp³-hybridized carbons (Fsp3) is 0.0833. The molecule has 0 spiro atoms. The van der Waals surface area contributed by atoms with Gasteiger partial charge in [-0.25, -0.2) is 9.07 Å². The fourth-order valence-corrected chi connectivity index (χ4v) is 3.38. The summed E-state index contributed by atoms with van der Waals surface area (Å²) in [7, 11) is 0. The summed E-state index contributed by atoms with van der Waals surface area (Å²) in [6.45, 7) is -0.618. The minimum Gasteiger partial charge on any atom is -0.324 e. The van der Waals surface area contributed by atoms with Gasteiger partial charge in [0.2, 0.25) is 5.91 Å². The molecule has 1 heterocycles. The summed E-state index contributed by atoms with van der Waals surface area (Å²) >= 11 is 0. The average Bonchev–Trinajstić information content (AvgIpc) is 2.81. The van der Waals surface area contributed by atoms with E-state index in [9.17, 15) is 31.9 Å². The fourth-order valence-electron chi connectivity index (χ4n) is 3.38. The van der Waals surface area contributed by atoms with Gasteiger partial charge in [-0.05, 0) is 36.4 Å². The lowest BCUT2D eigenvalue weighted by Crippen LogP contribution is -2.30. The first-order chi connectivity index (χ1) is 16.6. The summed E-state index contributed by atoms with van der Waals surface area (Å²) in [6, 6.07) is 14.3. The molecule has 35 heavy (non-hydrogen) atoms. The van der Waals surface area contributed by atoms with Gasteiger partial charge in [-0.15, -0.1) is 0 Å². The first-order valence-corrected chi connectivity index (χ1v) is 10.2. The average molecular weight is 484 g/mol. The lowest BCUT2D eigenvalue weighted by molar-refractivity contribution is -0.136. The van der Waals surface area contributed by atoms with Gasteiger partial charge in [0.05, 0.1) is 28.4 Å². The molecule has 0 radical (unpaired) electrons. The third-order valence-corrected chi connectivity index (χ3v) is 5.03.